The predicted octanol–water partition coefficient (Wildman–Crippen LogP) is 3.61. The zero-order valence-corrected chi connectivity index (χ0v) is 13.2. The van der Waals surface area contributed by atoms with Crippen molar-refractivity contribution in [3.05, 3.63) is 59.4 Å². The van der Waals surface area contributed by atoms with Crippen molar-refractivity contribution in [2.24, 2.45) is 0 Å². The van der Waals surface area contributed by atoms with Crippen LogP contribution in [0.1, 0.15) is 16.8 Å². The average Bonchev–Trinajstić information content (AvgIpc) is 2.49. The van der Waals surface area contributed by atoms with Crippen molar-refractivity contribution in [1.29, 1.82) is 0 Å². The fraction of sp³-hybridized carbons (Fsp3) is 0.294. The molecule has 0 aliphatic heterocycles. The molecule has 1 aromatic carbocycles. The summed E-state index contributed by atoms with van der Waals surface area (Å²) in [6.07, 6.45) is 2.69. The molecular formula is C17H20N2OS. The minimum atomic E-state index is 0.0456. The first-order valence-electron chi connectivity index (χ1n) is 7.00. The van der Waals surface area contributed by atoms with E-state index in [1.54, 1.807) is 18.0 Å². The Kier molecular flexibility index (Phi) is 5.81. The number of carbonyl (C=O) groups is 1. The van der Waals surface area contributed by atoms with Gasteiger partial charge in [0.05, 0.1) is 5.75 Å². The number of nitrogens with one attached hydrogen (secondary N) is 1. The van der Waals surface area contributed by atoms with Gasteiger partial charge in [-0.1, -0.05) is 12.1 Å². The summed E-state index contributed by atoms with van der Waals surface area (Å²) in [6, 6.07) is 11.9. The van der Waals surface area contributed by atoms with E-state index in [4.69, 9.17) is 0 Å². The summed E-state index contributed by atoms with van der Waals surface area (Å²) in [5.41, 5.74) is 4.36. The van der Waals surface area contributed by atoms with Crippen LogP contribution in [0.15, 0.2) is 42.6 Å². The maximum absolute atomic E-state index is 11.9. The molecule has 0 bridgehead atoms. The standard InChI is InChI=1S/C17H20N2OS/c1-13-6-7-16(11-14(13)2)19-17(20)12-21-10-8-15-5-3-4-9-18-15/h3-7,9,11H,8,10,12H2,1-2H3,(H,19,20). The Morgan fingerprint density at radius 1 is 1.19 bits per heavy atom. The van der Waals surface area contributed by atoms with Gasteiger partial charge in [-0.15, -0.1) is 0 Å². The third-order valence-corrected chi connectivity index (χ3v) is 4.21. The topological polar surface area (TPSA) is 42.0 Å². The second-order valence-electron chi connectivity index (χ2n) is 4.97. The van der Waals surface area contributed by atoms with E-state index in [-0.39, 0.29) is 5.91 Å². The van der Waals surface area contributed by atoms with Gasteiger partial charge in [0.25, 0.3) is 0 Å². The molecule has 1 N–H and O–H groups in total. The molecule has 3 nitrogen and oxygen atoms in total. The van der Waals surface area contributed by atoms with E-state index < -0.39 is 0 Å². The normalized spacial score (nSPS) is 10.4. The maximum Gasteiger partial charge on any atom is 0.234 e. The molecule has 21 heavy (non-hydrogen) atoms. The van der Waals surface area contributed by atoms with Gasteiger partial charge in [-0.25, -0.2) is 0 Å². The van der Waals surface area contributed by atoms with Gasteiger partial charge < -0.3 is 5.32 Å². The average molecular weight is 300 g/mol. The molecule has 0 saturated carbocycles. The summed E-state index contributed by atoms with van der Waals surface area (Å²) >= 11 is 1.63. The number of carbonyl (C=O) groups excluding carboxylic acids is 1. The van der Waals surface area contributed by atoms with E-state index in [0.29, 0.717) is 5.75 Å². The van der Waals surface area contributed by atoms with Crippen molar-refractivity contribution in [2.75, 3.05) is 16.8 Å². The summed E-state index contributed by atoms with van der Waals surface area (Å²) in [7, 11) is 0. The monoisotopic (exact) mass is 300 g/mol. The summed E-state index contributed by atoms with van der Waals surface area (Å²) in [5.74, 6) is 1.42. The highest BCUT2D eigenvalue weighted by Gasteiger charge is 2.04. The largest absolute Gasteiger partial charge is 0.325 e. The van der Waals surface area contributed by atoms with Crippen LogP contribution in [0.2, 0.25) is 0 Å². The van der Waals surface area contributed by atoms with Crippen LogP contribution in [0.25, 0.3) is 0 Å². The van der Waals surface area contributed by atoms with Crippen LogP contribution >= 0.6 is 11.8 Å². The number of benzene rings is 1. The number of aryl methyl sites for hydroxylation is 3. The molecular weight excluding hydrogens is 280 g/mol. The van der Waals surface area contributed by atoms with Gasteiger partial charge >= 0.3 is 0 Å². The van der Waals surface area contributed by atoms with Crippen LogP contribution in [-0.4, -0.2) is 22.4 Å². The molecule has 4 heteroatoms. The molecule has 0 radical (unpaired) electrons. The van der Waals surface area contributed by atoms with Crippen molar-refractivity contribution in [3.8, 4) is 0 Å². The zero-order chi connectivity index (χ0) is 15.1. The van der Waals surface area contributed by atoms with Crippen molar-refractivity contribution >= 4 is 23.4 Å². The van der Waals surface area contributed by atoms with E-state index in [0.717, 1.165) is 23.6 Å². The molecule has 1 amide bonds. The van der Waals surface area contributed by atoms with Crippen LogP contribution in [0.3, 0.4) is 0 Å². The molecule has 1 aromatic heterocycles. The molecule has 0 spiro atoms. The van der Waals surface area contributed by atoms with Gasteiger partial charge in [0.1, 0.15) is 0 Å². The second kappa shape index (κ2) is 7.84. The van der Waals surface area contributed by atoms with Crippen molar-refractivity contribution in [2.45, 2.75) is 20.3 Å². The third kappa shape index (κ3) is 5.23. The van der Waals surface area contributed by atoms with Gasteiger partial charge in [-0.05, 0) is 61.4 Å². The smallest absolute Gasteiger partial charge is 0.234 e. The first-order chi connectivity index (χ1) is 10.1. The molecule has 0 aliphatic carbocycles. The fourth-order valence-corrected chi connectivity index (χ4v) is 2.66. The molecule has 0 saturated heterocycles. The summed E-state index contributed by atoms with van der Waals surface area (Å²) in [4.78, 5) is 16.1. The number of anilines is 1. The van der Waals surface area contributed by atoms with Crippen LogP contribution in [-0.2, 0) is 11.2 Å². The maximum atomic E-state index is 11.9. The Balaban J connectivity index is 1.71. The number of amides is 1. The van der Waals surface area contributed by atoms with Crippen LogP contribution < -0.4 is 5.32 Å². The Bertz CT molecular complexity index is 599. The number of thioether (sulfide) groups is 1. The summed E-state index contributed by atoms with van der Waals surface area (Å²) < 4.78 is 0. The third-order valence-electron chi connectivity index (χ3n) is 3.25. The molecule has 2 rings (SSSR count). The van der Waals surface area contributed by atoms with Crippen LogP contribution in [0, 0.1) is 13.8 Å². The molecule has 0 fully saturated rings. The predicted molar refractivity (Wildman–Crippen MR) is 89.8 cm³/mol. The number of nitrogens with zero attached hydrogens (tertiary/aromatic N) is 1. The second-order valence-corrected chi connectivity index (χ2v) is 6.08. The molecule has 0 aliphatic rings. The number of rotatable bonds is 6. The van der Waals surface area contributed by atoms with E-state index in [1.165, 1.54) is 11.1 Å². The first kappa shape index (κ1) is 15.6. The number of hydrogen-bond acceptors (Lipinski definition) is 3. The minimum absolute atomic E-state index is 0.0456. The van der Waals surface area contributed by atoms with Crippen molar-refractivity contribution < 1.29 is 4.79 Å². The highest BCUT2D eigenvalue weighted by atomic mass is 32.2. The van der Waals surface area contributed by atoms with E-state index in [9.17, 15) is 4.79 Å². The first-order valence-corrected chi connectivity index (χ1v) is 8.15. The lowest BCUT2D eigenvalue weighted by Crippen LogP contribution is -2.14. The highest BCUT2D eigenvalue weighted by Crippen LogP contribution is 2.14. The van der Waals surface area contributed by atoms with Gasteiger partial charge in [0.2, 0.25) is 5.91 Å². The lowest BCUT2D eigenvalue weighted by molar-refractivity contribution is -0.113. The summed E-state index contributed by atoms with van der Waals surface area (Å²) in [6.45, 7) is 4.11. The lowest BCUT2D eigenvalue weighted by Gasteiger charge is -2.07. The molecule has 2 aromatic rings. The number of pyridine rings is 1. The minimum Gasteiger partial charge on any atom is -0.325 e. The Hall–Kier alpha value is -1.81. The van der Waals surface area contributed by atoms with Gasteiger partial charge in [0, 0.05) is 17.6 Å². The van der Waals surface area contributed by atoms with Gasteiger partial charge in [-0.3, -0.25) is 9.78 Å². The molecule has 1 heterocycles. The Morgan fingerprint density at radius 2 is 2.05 bits per heavy atom. The van der Waals surface area contributed by atoms with Gasteiger partial charge in [-0.2, -0.15) is 11.8 Å². The number of hydrogen-bond donors (Lipinski definition) is 1. The van der Waals surface area contributed by atoms with Crippen molar-refractivity contribution in [3.63, 3.8) is 0 Å². The van der Waals surface area contributed by atoms with Crippen LogP contribution in [0.5, 0.6) is 0 Å². The molecule has 0 unspecified atom stereocenters. The van der Waals surface area contributed by atoms with Crippen LogP contribution in [0.4, 0.5) is 5.69 Å². The van der Waals surface area contributed by atoms with Crippen molar-refractivity contribution in [1.82, 2.24) is 4.98 Å². The van der Waals surface area contributed by atoms with E-state index >= 15 is 0 Å². The highest BCUT2D eigenvalue weighted by molar-refractivity contribution is 7.99. The van der Waals surface area contributed by atoms with Gasteiger partial charge in [0.15, 0.2) is 0 Å². The SMILES string of the molecule is Cc1ccc(NC(=O)CSCCc2ccccn2)cc1C. The number of aromatic nitrogens is 1. The lowest BCUT2D eigenvalue weighted by atomic mass is 10.1. The fourth-order valence-electron chi connectivity index (χ4n) is 1.90. The Morgan fingerprint density at radius 3 is 2.76 bits per heavy atom. The zero-order valence-electron chi connectivity index (χ0n) is 12.4. The van der Waals surface area contributed by atoms with E-state index in [1.807, 2.05) is 43.3 Å². The van der Waals surface area contributed by atoms with E-state index in [2.05, 4.69) is 17.2 Å². The molecule has 0 atom stereocenters. The quantitative estimate of drug-likeness (QED) is 0.829. The molecule has 110 valence electrons. The Labute approximate surface area is 130 Å². The summed E-state index contributed by atoms with van der Waals surface area (Å²) in [5, 5.41) is 2.93.